The molecule has 0 bridgehead atoms. The van der Waals surface area contributed by atoms with E-state index in [-0.39, 0.29) is 0 Å². The Morgan fingerprint density at radius 3 is 2.44 bits per heavy atom. The van der Waals surface area contributed by atoms with Gasteiger partial charge in [-0.05, 0) is 19.3 Å². The van der Waals surface area contributed by atoms with Crippen molar-refractivity contribution < 1.29 is 9.90 Å². The molecule has 0 spiro atoms. The summed E-state index contributed by atoms with van der Waals surface area (Å²) in [5.41, 5.74) is 6.75. The van der Waals surface area contributed by atoms with Crippen molar-refractivity contribution >= 4 is 17.3 Å². The first-order valence-corrected chi connectivity index (χ1v) is 7.41. The fourth-order valence-electron chi connectivity index (χ4n) is 2.54. The second-order valence-corrected chi connectivity index (χ2v) is 6.02. The van der Waals surface area contributed by atoms with E-state index in [1.807, 2.05) is 6.92 Å². The Labute approximate surface area is 111 Å². The number of aromatic carboxylic acids is 1. The van der Waals surface area contributed by atoms with E-state index in [0.717, 1.165) is 30.7 Å². The standard InChI is InChI=1S/C13H20N2O2S/c1-2-9-10(11(16)17)18-12(15-9)13(14)7-5-3-4-6-8-13/h2-8,14H2,1H3,(H,16,17). The third kappa shape index (κ3) is 2.57. The van der Waals surface area contributed by atoms with Crippen molar-refractivity contribution in [2.75, 3.05) is 0 Å². The number of aryl methyl sites for hydroxylation is 1. The van der Waals surface area contributed by atoms with E-state index in [2.05, 4.69) is 4.98 Å². The molecule has 4 nitrogen and oxygen atoms in total. The molecule has 1 aliphatic rings. The van der Waals surface area contributed by atoms with Crippen molar-refractivity contribution in [3.05, 3.63) is 15.6 Å². The number of carboxylic acid groups (broad SMARTS) is 1. The third-order valence-electron chi connectivity index (χ3n) is 3.65. The first kappa shape index (κ1) is 13.5. The van der Waals surface area contributed by atoms with Gasteiger partial charge in [0.25, 0.3) is 0 Å². The zero-order chi connectivity index (χ0) is 13.2. The number of nitrogens with two attached hydrogens (primary N) is 1. The molecular formula is C13H20N2O2S. The van der Waals surface area contributed by atoms with Gasteiger partial charge >= 0.3 is 5.97 Å². The minimum Gasteiger partial charge on any atom is -0.477 e. The number of nitrogens with zero attached hydrogens (tertiary/aromatic N) is 1. The van der Waals surface area contributed by atoms with Crippen molar-refractivity contribution in [3.63, 3.8) is 0 Å². The van der Waals surface area contributed by atoms with Crippen LogP contribution in [-0.4, -0.2) is 16.1 Å². The van der Waals surface area contributed by atoms with Crippen LogP contribution in [0.2, 0.25) is 0 Å². The van der Waals surface area contributed by atoms with Gasteiger partial charge in [-0.15, -0.1) is 11.3 Å². The van der Waals surface area contributed by atoms with Crippen molar-refractivity contribution in [1.29, 1.82) is 0 Å². The van der Waals surface area contributed by atoms with Crippen LogP contribution in [0.1, 0.15) is 65.8 Å². The zero-order valence-corrected chi connectivity index (χ0v) is 11.6. The molecule has 0 aromatic carbocycles. The molecule has 2 rings (SSSR count). The lowest BCUT2D eigenvalue weighted by atomic mass is 9.92. The summed E-state index contributed by atoms with van der Waals surface area (Å²) in [6.45, 7) is 1.93. The van der Waals surface area contributed by atoms with Crippen molar-refractivity contribution in [1.82, 2.24) is 4.98 Å². The van der Waals surface area contributed by atoms with E-state index in [9.17, 15) is 9.90 Å². The molecule has 1 aromatic rings. The van der Waals surface area contributed by atoms with Crippen LogP contribution >= 0.6 is 11.3 Å². The fourth-order valence-corrected chi connectivity index (χ4v) is 3.70. The van der Waals surface area contributed by atoms with Crippen molar-refractivity contribution in [2.24, 2.45) is 5.73 Å². The van der Waals surface area contributed by atoms with Crippen molar-refractivity contribution in [3.8, 4) is 0 Å². The van der Waals surface area contributed by atoms with Crippen LogP contribution in [0.5, 0.6) is 0 Å². The number of aromatic nitrogens is 1. The molecule has 1 fully saturated rings. The van der Waals surface area contributed by atoms with Crippen LogP contribution in [0, 0.1) is 0 Å². The summed E-state index contributed by atoms with van der Waals surface area (Å²) in [6, 6.07) is 0. The van der Waals surface area contributed by atoms with E-state index in [1.165, 1.54) is 24.2 Å². The molecule has 100 valence electrons. The predicted molar refractivity (Wildman–Crippen MR) is 72.0 cm³/mol. The lowest BCUT2D eigenvalue weighted by molar-refractivity contribution is 0.0701. The Hall–Kier alpha value is -0.940. The van der Waals surface area contributed by atoms with Gasteiger partial charge in [0.15, 0.2) is 0 Å². The van der Waals surface area contributed by atoms with E-state index in [1.54, 1.807) is 0 Å². The zero-order valence-electron chi connectivity index (χ0n) is 10.7. The van der Waals surface area contributed by atoms with Gasteiger partial charge in [0.05, 0.1) is 11.2 Å². The molecule has 0 unspecified atom stereocenters. The van der Waals surface area contributed by atoms with Crippen LogP contribution in [-0.2, 0) is 12.0 Å². The third-order valence-corrected chi connectivity index (χ3v) is 4.95. The Balaban J connectivity index is 2.34. The molecule has 18 heavy (non-hydrogen) atoms. The summed E-state index contributed by atoms with van der Waals surface area (Å²) in [5.74, 6) is -0.882. The quantitative estimate of drug-likeness (QED) is 0.826. The van der Waals surface area contributed by atoms with Gasteiger partial charge in [-0.1, -0.05) is 32.6 Å². The van der Waals surface area contributed by atoms with Crippen LogP contribution in [0.3, 0.4) is 0 Å². The smallest absolute Gasteiger partial charge is 0.347 e. The maximum Gasteiger partial charge on any atom is 0.347 e. The molecule has 1 aliphatic carbocycles. The second-order valence-electron chi connectivity index (χ2n) is 5.02. The molecule has 1 saturated carbocycles. The van der Waals surface area contributed by atoms with Gasteiger partial charge in [-0.25, -0.2) is 9.78 Å². The highest BCUT2D eigenvalue weighted by Crippen LogP contribution is 2.37. The molecular weight excluding hydrogens is 248 g/mol. The molecule has 0 radical (unpaired) electrons. The maximum atomic E-state index is 11.2. The number of thiazole rings is 1. The number of rotatable bonds is 3. The summed E-state index contributed by atoms with van der Waals surface area (Å²) in [4.78, 5) is 16.0. The van der Waals surface area contributed by atoms with Gasteiger partial charge in [0.1, 0.15) is 9.88 Å². The highest BCUT2D eigenvalue weighted by atomic mass is 32.1. The van der Waals surface area contributed by atoms with Crippen LogP contribution < -0.4 is 5.73 Å². The lowest BCUT2D eigenvalue weighted by Crippen LogP contribution is -2.35. The summed E-state index contributed by atoms with van der Waals surface area (Å²) < 4.78 is 0. The average molecular weight is 268 g/mol. The maximum absolute atomic E-state index is 11.2. The first-order valence-electron chi connectivity index (χ1n) is 6.59. The number of hydrogen-bond acceptors (Lipinski definition) is 4. The van der Waals surface area contributed by atoms with E-state index in [4.69, 9.17) is 5.73 Å². The Morgan fingerprint density at radius 1 is 1.39 bits per heavy atom. The van der Waals surface area contributed by atoms with Crippen LogP contribution in [0.25, 0.3) is 0 Å². The predicted octanol–water partition coefficient (Wildman–Crippen LogP) is 2.91. The van der Waals surface area contributed by atoms with E-state index < -0.39 is 11.5 Å². The van der Waals surface area contributed by atoms with Gasteiger partial charge in [-0.3, -0.25) is 0 Å². The summed E-state index contributed by atoms with van der Waals surface area (Å²) >= 11 is 1.27. The fraction of sp³-hybridized carbons (Fsp3) is 0.692. The van der Waals surface area contributed by atoms with E-state index in [0.29, 0.717) is 17.0 Å². The Kier molecular flexibility index (Phi) is 4.02. The summed E-state index contributed by atoms with van der Waals surface area (Å²) in [5, 5.41) is 10.00. The van der Waals surface area contributed by atoms with E-state index >= 15 is 0 Å². The number of hydrogen-bond donors (Lipinski definition) is 2. The minimum atomic E-state index is -0.882. The molecule has 1 aromatic heterocycles. The molecule has 5 heteroatoms. The number of carboxylic acids is 1. The normalized spacial score (nSPS) is 19.4. The molecule has 0 amide bonds. The topological polar surface area (TPSA) is 76.2 Å². The Morgan fingerprint density at radius 2 is 2.00 bits per heavy atom. The first-order chi connectivity index (χ1) is 8.57. The molecule has 1 heterocycles. The SMILES string of the molecule is CCc1nc(C2(N)CCCCCC2)sc1C(=O)O. The van der Waals surface area contributed by atoms with Gasteiger partial charge in [-0.2, -0.15) is 0 Å². The molecule has 0 aliphatic heterocycles. The second kappa shape index (κ2) is 5.36. The summed E-state index contributed by atoms with van der Waals surface area (Å²) in [6.07, 6.45) is 7.15. The average Bonchev–Trinajstić information content (AvgIpc) is 2.67. The van der Waals surface area contributed by atoms with Crippen LogP contribution in [0.15, 0.2) is 0 Å². The highest BCUT2D eigenvalue weighted by Gasteiger charge is 2.33. The number of carbonyl (C=O) groups is 1. The Bertz CT molecular complexity index is 434. The van der Waals surface area contributed by atoms with Crippen molar-refractivity contribution in [2.45, 2.75) is 57.4 Å². The molecule has 0 atom stereocenters. The van der Waals surface area contributed by atoms with Gasteiger partial charge in [0.2, 0.25) is 0 Å². The largest absolute Gasteiger partial charge is 0.477 e. The van der Waals surface area contributed by atoms with Gasteiger partial charge in [0, 0.05) is 0 Å². The van der Waals surface area contributed by atoms with Gasteiger partial charge < -0.3 is 10.8 Å². The molecule has 0 saturated heterocycles. The monoisotopic (exact) mass is 268 g/mol. The summed E-state index contributed by atoms with van der Waals surface area (Å²) in [7, 11) is 0. The van der Waals surface area contributed by atoms with Crippen LogP contribution in [0.4, 0.5) is 0 Å². The lowest BCUT2D eigenvalue weighted by Gasteiger charge is -2.25. The highest BCUT2D eigenvalue weighted by molar-refractivity contribution is 7.13. The minimum absolute atomic E-state index is 0.363. The molecule has 3 N–H and O–H groups in total.